The molecule has 2 aromatic rings. The first-order valence-electron chi connectivity index (χ1n) is 8.79. The van der Waals surface area contributed by atoms with Crippen molar-refractivity contribution in [2.24, 2.45) is 5.41 Å². The molecule has 6 heteroatoms. The summed E-state index contributed by atoms with van der Waals surface area (Å²) in [5, 5.41) is 7.17. The van der Waals surface area contributed by atoms with E-state index < -0.39 is 0 Å². The van der Waals surface area contributed by atoms with Gasteiger partial charge in [0, 0.05) is 30.0 Å². The monoisotopic (exact) mass is 338 g/mol. The van der Waals surface area contributed by atoms with Crippen LogP contribution in [-0.2, 0) is 9.59 Å². The molecule has 2 aliphatic rings. The number of nitrogens with one attached hydrogen (secondary N) is 1. The standard InChI is InChI=1S/C19H22N4O2/c1-19(8-9-19)18(25)22-11-3-7-16(22)17(24)21-14-5-2-6-15(13-14)23-12-4-10-20-23/h2,4-6,10,12-13,16H,3,7-9,11H2,1H3,(H,21,24)/t16-/m0/s1. The summed E-state index contributed by atoms with van der Waals surface area (Å²) in [5.41, 5.74) is 1.37. The Hall–Kier alpha value is -2.63. The van der Waals surface area contributed by atoms with Gasteiger partial charge in [-0.15, -0.1) is 0 Å². The molecule has 1 aromatic carbocycles. The maximum atomic E-state index is 12.7. The van der Waals surface area contributed by atoms with Gasteiger partial charge in [-0.05, 0) is 49.9 Å². The van der Waals surface area contributed by atoms with Gasteiger partial charge >= 0.3 is 0 Å². The Kier molecular flexibility index (Phi) is 3.82. The van der Waals surface area contributed by atoms with Crippen LogP contribution in [0.2, 0.25) is 0 Å². The van der Waals surface area contributed by atoms with Crippen molar-refractivity contribution in [1.82, 2.24) is 14.7 Å². The Bertz CT molecular complexity index is 796. The van der Waals surface area contributed by atoms with Crippen LogP contribution < -0.4 is 5.32 Å². The van der Waals surface area contributed by atoms with E-state index in [9.17, 15) is 9.59 Å². The molecule has 1 atom stereocenters. The molecule has 2 amide bonds. The van der Waals surface area contributed by atoms with E-state index in [2.05, 4.69) is 10.4 Å². The molecule has 1 aliphatic carbocycles. The number of hydrogen-bond acceptors (Lipinski definition) is 3. The van der Waals surface area contributed by atoms with Crippen molar-refractivity contribution >= 4 is 17.5 Å². The van der Waals surface area contributed by atoms with E-state index in [1.54, 1.807) is 15.8 Å². The van der Waals surface area contributed by atoms with Crippen molar-refractivity contribution in [3.05, 3.63) is 42.7 Å². The molecule has 130 valence electrons. The van der Waals surface area contributed by atoms with Gasteiger partial charge in [0.05, 0.1) is 5.69 Å². The minimum atomic E-state index is -0.363. The van der Waals surface area contributed by atoms with Crippen LogP contribution in [0.15, 0.2) is 42.7 Å². The van der Waals surface area contributed by atoms with Gasteiger partial charge in [-0.2, -0.15) is 5.10 Å². The van der Waals surface area contributed by atoms with Gasteiger partial charge in [-0.25, -0.2) is 4.68 Å². The minimum absolute atomic E-state index is 0.104. The van der Waals surface area contributed by atoms with Crippen molar-refractivity contribution in [3.63, 3.8) is 0 Å². The zero-order valence-corrected chi connectivity index (χ0v) is 14.3. The number of carbonyl (C=O) groups excluding carboxylic acids is 2. The zero-order chi connectivity index (χ0) is 17.4. The van der Waals surface area contributed by atoms with Gasteiger partial charge in [-0.1, -0.05) is 13.0 Å². The Balaban J connectivity index is 1.48. The number of amides is 2. The molecule has 0 spiro atoms. The predicted octanol–water partition coefficient (Wildman–Crippen LogP) is 2.60. The van der Waals surface area contributed by atoms with E-state index in [1.807, 2.05) is 43.5 Å². The lowest BCUT2D eigenvalue weighted by molar-refractivity contribution is -0.140. The minimum Gasteiger partial charge on any atom is -0.330 e. The van der Waals surface area contributed by atoms with Crippen molar-refractivity contribution in [1.29, 1.82) is 0 Å². The Labute approximate surface area is 146 Å². The first kappa shape index (κ1) is 15.9. The summed E-state index contributed by atoms with van der Waals surface area (Å²) in [6.07, 6.45) is 7.05. The number of hydrogen-bond donors (Lipinski definition) is 1. The van der Waals surface area contributed by atoms with Gasteiger partial charge in [0.15, 0.2) is 0 Å². The molecule has 25 heavy (non-hydrogen) atoms. The lowest BCUT2D eigenvalue weighted by Crippen LogP contribution is -2.45. The van der Waals surface area contributed by atoms with Crippen LogP contribution in [-0.4, -0.2) is 39.1 Å². The number of rotatable bonds is 4. The maximum absolute atomic E-state index is 12.7. The smallest absolute Gasteiger partial charge is 0.247 e. The molecule has 1 aliphatic heterocycles. The number of likely N-dealkylation sites (tertiary alicyclic amines) is 1. The maximum Gasteiger partial charge on any atom is 0.247 e. The molecule has 1 saturated carbocycles. The van der Waals surface area contributed by atoms with Crippen LogP contribution in [0.25, 0.3) is 5.69 Å². The Morgan fingerprint density at radius 2 is 2.12 bits per heavy atom. The number of carbonyl (C=O) groups is 2. The highest BCUT2D eigenvalue weighted by molar-refractivity contribution is 5.98. The van der Waals surface area contributed by atoms with Gasteiger partial charge in [0.1, 0.15) is 6.04 Å². The van der Waals surface area contributed by atoms with Gasteiger partial charge in [0.25, 0.3) is 0 Å². The average Bonchev–Trinajstić information content (AvgIpc) is 3.07. The van der Waals surface area contributed by atoms with Crippen LogP contribution in [0.1, 0.15) is 32.6 Å². The Morgan fingerprint density at radius 1 is 1.28 bits per heavy atom. The van der Waals surface area contributed by atoms with E-state index in [-0.39, 0.29) is 23.3 Å². The summed E-state index contributed by atoms with van der Waals surface area (Å²) in [6.45, 7) is 2.68. The number of benzene rings is 1. The summed E-state index contributed by atoms with van der Waals surface area (Å²) in [4.78, 5) is 27.2. The van der Waals surface area contributed by atoms with Crippen molar-refractivity contribution in [2.45, 2.75) is 38.6 Å². The van der Waals surface area contributed by atoms with Gasteiger partial charge in [-0.3, -0.25) is 9.59 Å². The lowest BCUT2D eigenvalue weighted by Gasteiger charge is -2.26. The number of nitrogens with zero attached hydrogens (tertiary/aromatic N) is 3. The topological polar surface area (TPSA) is 67.2 Å². The van der Waals surface area contributed by atoms with Crippen LogP contribution in [0.5, 0.6) is 0 Å². The third kappa shape index (κ3) is 3.04. The zero-order valence-electron chi connectivity index (χ0n) is 14.3. The predicted molar refractivity (Wildman–Crippen MR) is 94.3 cm³/mol. The molecule has 0 radical (unpaired) electrons. The quantitative estimate of drug-likeness (QED) is 0.932. The SMILES string of the molecule is CC1(C(=O)N2CCC[C@H]2C(=O)Nc2cccc(-n3cccn3)c2)CC1. The second kappa shape index (κ2) is 6.02. The third-order valence-corrected chi connectivity index (χ3v) is 5.22. The fourth-order valence-electron chi connectivity index (χ4n) is 3.40. The second-order valence-electron chi connectivity index (χ2n) is 7.21. The van der Waals surface area contributed by atoms with Gasteiger partial charge < -0.3 is 10.2 Å². The first-order valence-corrected chi connectivity index (χ1v) is 8.79. The molecular weight excluding hydrogens is 316 g/mol. The first-order chi connectivity index (χ1) is 12.1. The van der Waals surface area contributed by atoms with Crippen LogP contribution in [0.4, 0.5) is 5.69 Å². The van der Waals surface area contributed by atoms with E-state index >= 15 is 0 Å². The fraction of sp³-hybridized carbons (Fsp3) is 0.421. The number of aromatic nitrogens is 2. The normalized spacial score (nSPS) is 21.2. The molecule has 2 heterocycles. The molecule has 4 rings (SSSR count). The van der Waals surface area contributed by atoms with Gasteiger partial charge in [0.2, 0.25) is 11.8 Å². The fourth-order valence-corrected chi connectivity index (χ4v) is 3.40. The molecular formula is C19H22N4O2. The largest absolute Gasteiger partial charge is 0.330 e. The lowest BCUT2D eigenvalue weighted by atomic mass is 10.1. The molecule has 0 bridgehead atoms. The molecule has 1 aromatic heterocycles. The van der Waals surface area contributed by atoms with E-state index in [0.717, 1.165) is 37.1 Å². The molecule has 2 fully saturated rings. The summed E-state index contributed by atoms with van der Waals surface area (Å²) < 4.78 is 1.75. The Morgan fingerprint density at radius 3 is 2.84 bits per heavy atom. The summed E-state index contributed by atoms with van der Waals surface area (Å²) in [7, 11) is 0. The van der Waals surface area contributed by atoms with Crippen LogP contribution in [0, 0.1) is 5.41 Å². The summed E-state index contributed by atoms with van der Waals surface area (Å²) in [5.74, 6) is 0.0307. The van der Waals surface area contributed by atoms with Crippen molar-refractivity contribution < 1.29 is 9.59 Å². The molecule has 1 saturated heterocycles. The van der Waals surface area contributed by atoms with E-state index in [1.165, 1.54) is 0 Å². The molecule has 6 nitrogen and oxygen atoms in total. The third-order valence-electron chi connectivity index (χ3n) is 5.22. The van der Waals surface area contributed by atoms with Crippen molar-refractivity contribution in [2.75, 3.05) is 11.9 Å². The average molecular weight is 338 g/mol. The van der Waals surface area contributed by atoms with Crippen LogP contribution >= 0.6 is 0 Å². The number of anilines is 1. The van der Waals surface area contributed by atoms with E-state index in [4.69, 9.17) is 0 Å². The van der Waals surface area contributed by atoms with E-state index in [0.29, 0.717) is 6.54 Å². The highest BCUT2D eigenvalue weighted by atomic mass is 16.2. The highest BCUT2D eigenvalue weighted by Crippen LogP contribution is 2.47. The summed E-state index contributed by atoms with van der Waals surface area (Å²) >= 11 is 0. The van der Waals surface area contributed by atoms with Crippen LogP contribution in [0.3, 0.4) is 0 Å². The van der Waals surface area contributed by atoms with Crippen molar-refractivity contribution in [3.8, 4) is 5.69 Å². The molecule has 1 N–H and O–H groups in total. The second-order valence-corrected chi connectivity index (χ2v) is 7.21. The molecule has 0 unspecified atom stereocenters. The highest BCUT2D eigenvalue weighted by Gasteiger charge is 2.50. The summed E-state index contributed by atoms with van der Waals surface area (Å²) in [6, 6.07) is 9.05.